The molecule has 0 aromatic heterocycles. The molecule has 2 rings (SSSR count). The average molecular weight is 330 g/mol. The Hall–Kier alpha value is -1.07. The van der Waals surface area contributed by atoms with Gasteiger partial charge < -0.3 is 4.90 Å². The van der Waals surface area contributed by atoms with Crippen LogP contribution < -0.4 is 0 Å². The van der Waals surface area contributed by atoms with Gasteiger partial charge in [0, 0.05) is 18.1 Å². The zero-order valence-corrected chi connectivity index (χ0v) is 13.8. The van der Waals surface area contributed by atoms with Crippen LogP contribution in [0, 0.1) is 11.8 Å². The molecule has 0 saturated carbocycles. The van der Waals surface area contributed by atoms with Crippen LogP contribution >= 0.6 is 11.6 Å². The molecule has 1 aliphatic rings. The second kappa shape index (κ2) is 6.36. The molecule has 0 bridgehead atoms. The maximum Gasteiger partial charge on any atom is 0.238 e. The Morgan fingerprint density at radius 3 is 2.48 bits per heavy atom. The Morgan fingerprint density at radius 2 is 1.90 bits per heavy atom. The van der Waals surface area contributed by atoms with Gasteiger partial charge in [-0.3, -0.25) is 4.79 Å². The highest BCUT2D eigenvalue weighted by molar-refractivity contribution is 7.92. The molecular formula is C15H20ClNO3S. The molecule has 0 N–H and O–H groups in total. The Labute approximate surface area is 131 Å². The van der Waals surface area contributed by atoms with Gasteiger partial charge in [0.05, 0.1) is 4.90 Å². The summed E-state index contributed by atoms with van der Waals surface area (Å²) in [5.74, 6) is -0.00112. The highest BCUT2D eigenvalue weighted by atomic mass is 35.5. The summed E-state index contributed by atoms with van der Waals surface area (Å²) in [4.78, 5) is 14.0. The first-order chi connectivity index (χ1) is 9.78. The van der Waals surface area contributed by atoms with E-state index in [0.29, 0.717) is 29.9 Å². The summed E-state index contributed by atoms with van der Waals surface area (Å²) in [7, 11) is -3.64. The number of piperidine rings is 1. The predicted molar refractivity (Wildman–Crippen MR) is 83.0 cm³/mol. The molecular weight excluding hydrogens is 310 g/mol. The molecule has 1 heterocycles. The number of amides is 1. The van der Waals surface area contributed by atoms with Gasteiger partial charge in [0.25, 0.3) is 0 Å². The zero-order chi connectivity index (χ0) is 15.6. The van der Waals surface area contributed by atoms with Gasteiger partial charge in [-0.15, -0.1) is 0 Å². The minimum atomic E-state index is -3.64. The van der Waals surface area contributed by atoms with Crippen LogP contribution in [0.2, 0.25) is 5.02 Å². The number of halogens is 1. The first kappa shape index (κ1) is 16.3. The molecule has 1 saturated heterocycles. The monoisotopic (exact) mass is 329 g/mol. The number of carbonyl (C=O) groups excluding carboxylic acids is 1. The van der Waals surface area contributed by atoms with Crippen LogP contribution in [0.15, 0.2) is 29.2 Å². The largest absolute Gasteiger partial charge is 0.341 e. The van der Waals surface area contributed by atoms with Crippen LogP contribution in [0.5, 0.6) is 0 Å². The van der Waals surface area contributed by atoms with Crippen molar-refractivity contribution < 1.29 is 13.2 Å². The lowest BCUT2D eigenvalue weighted by Gasteiger charge is -2.35. The van der Waals surface area contributed by atoms with Gasteiger partial charge in [0.1, 0.15) is 5.75 Å². The molecule has 116 valence electrons. The fourth-order valence-electron chi connectivity index (χ4n) is 2.86. The lowest BCUT2D eigenvalue weighted by atomic mass is 9.92. The molecule has 2 atom stereocenters. The number of benzene rings is 1. The minimum Gasteiger partial charge on any atom is -0.341 e. The van der Waals surface area contributed by atoms with Gasteiger partial charge >= 0.3 is 0 Å². The van der Waals surface area contributed by atoms with E-state index >= 15 is 0 Å². The summed E-state index contributed by atoms with van der Waals surface area (Å²) < 4.78 is 24.6. The van der Waals surface area contributed by atoms with E-state index in [2.05, 4.69) is 13.8 Å². The molecule has 0 unspecified atom stereocenters. The Morgan fingerprint density at radius 1 is 1.29 bits per heavy atom. The maximum atomic E-state index is 12.3. The summed E-state index contributed by atoms with van der Waals surface area (Å²) >= 11 is 5.81. The average Bonchev–Trinajstić information content (AvgIpc) is 2.37. The first-order valence-corrected chi connectivity index (χ1v) is 9.07. The number of carbonyl (C=O) groups is 1. The minimum absolute atomic E-state index is 0.0986. The van der Waals surface area contributed by atoms with Crippen molar-refractivity contribution in [2.45, 2.75) is 25.2 Å². The van der Waals surface area contributed by atoms with Crippen molar-refractivity contribution in [1.82, 2.24) is 4.90 Å². The summed E-state index contributed by atoms with van der Waals surface area (Å²) in [6.45, 7) is 5.44. The van der Waals surface area contributed by atoms with E-state index in [4.69, 9.17) is 11.6 Å². The molecule has 1 amide bonds. The van der Waals surface area contributed by atoms with Crippen LogP contribution in [0.25, 0.3) is 0 Å². The smallest absolute Gasteiger partial charge is 0.238 e. The first-order valence-electron chi connectivity index (χ1n) is 7.04. The highest BCUT2D eigenvalue weighted by Crippen LogP contribution is 2.22. The molecule has 1 fully saturated rings. The third-order valence-corrected chi connectivity index (χ3v) is 5.52. The zero-order valence-electron chi connectivity index (χ0n) is 12.3. The van der Waals surface area contributed by atoms with Gasteiger partial charge in [-0.1, -0.05) is 31.5 Å². The lowest BCUT2D eigenvalue weighted by molar-refractivity contribution is -0.131. The Bertz CT molecular complexity index is 620. The van der Waals surface area contributed by atoms with Crippen molar-refractivity contribution in [2.75, 3.05) is 18.8 Å². The fourth-order valence-corrected chi connectivity index (χ4v) is 4.39. The van der Waals surface area contributed by atoms with Crippen LogP contribution in [0.1, 0.15) is 20.3 Å². The van der Waals surface area contributed by atoms with E-state index in [0.717, 1.165) is 6.42 Å². The topological polar surface area (TPSA) is 54.5 Å². The van der Waals surface area contributed by atoms with Crippen molar-refractivity contribution in [1.29, 1.82) is 0 Å². The predicted octanol–water partition coefficient (Wildman–Crippen LogP) is 2.62. The SMILES string of the molecule is C[C@@H]1C[C@H](C)CN(C(=O)CS(=O)(=O)c2cccc(Cl)c2)C1. The third-order valence-electron chi connectivity index (χ3n) is 3.69. The van der Waals surface area contributed by atoms with Crippen LogP contribution in [0.4, 0.5) is 0 Å². The van der Waals surface area contributed by atoms with E-state index in [1.54, 1.807) is 17.0 Å². The fraction of sp³-hybridized carbons (Fsp3) is 0.533. The molecule has 1 aliphatic heterocycles. The molecule has 1 aromatic rings. The van der Waals surface area contributed by atoms with Crippen LogP contribution in [-0.2, 0) is 14.6 Å². The van der Waals surface area contributed by atoms with E-state index in [9.17, 15) is 13.2 Å². The molecule has 0 aliphatic carbocycles. The van der Waals surface area contributed by atoms with Crippen molar-refractivity contribution in [2.24, 2.45) is 11.8 Å². The van der Waals surface area contributed by atoms with Gasteiger partial charge in [-0.05, 0) is 36.5 Å². The molecule has 6 heteroatoms. The third kappa shape index (κ3) is 4.20. The van der Waals surface area contributed by atoms with Gasteiger partial charge in [-0.2, -0.15) is 0 Å². The number of rotatable bonds is 3. The number of nitrogens with zero attached hydrogens (tertiary/aromatic N) is 1. The molecule has 1 aromatic carbocycles. The summed E-state index contributed by atoms with van der Waals surface area (Å²) in [5.41, 5.74) is 0. The quantitative estimate of drug-likeness (QED) is 0.856. The number of hydrogen-bond donors (Lipinski definition) is 0. The summed E-state index contributed by atoms with van der Waals surface area (Å²) in [6.07, 6.45) is 1.07. The van der Waals surface area contributed by atoms with Crippen molar-refractivity contribution >= 4 is 27.3 Å². The highest BCUT2D eigenvalue weighted by Gasteiger charge is 2.29. The number of hydrogen-bond acceptors (Lipinski definition) is 3. The number of sulfone groups is 1. The number of likely N-dealkylation sites (tertiary alicyclic amines) is 1. The maximum absolute atomic E-state index is 12.3. The van der Waals surface area contributed by atoms with E-state index in [-0.39, 0.29) is 10.8 Å². The summed E-state index contributed by atoms with van der Waals surface area (Å²) in [5, 5.41) is 0.351. The van der Waals surface area contributed by atoms with Gasteiger partial charge in [0.2, 0.25) is 5.91 Å². The lowest BCUT2D eigenvalue weighted by Crippen LogP contribution is -2.44. The van der Waals surface area contributed by atoms with Gasteiger partial charge in [-0.25, -0.2) is 8.42 Å². The van der Waals surface area contributed by atoms with Crippen molar-refractivity contribution in [3.63, 3.8) is 0 Å². The Kier molecular flexibility index (Phi) is 4.94. The summed E-state index contributed by atoms with van der Waals surface area (Å²) in [6, 6.07) is 6.03. The van der Waals surface area contributed by atoms with Crippen molar-refractivity contribution in [3.8, 4) is 0 Å². The van der Waals surface area contributed by atoms with Crippen LogP contribution in [0.3, 0.4) is 0 Å². The van der Waals surface area contributed by atoms with E-state index in [1.165, 1.54) is 12.1 Å². The second-order valence-electron chi connectivity index (χ2n) is 5.96. The second-order valence-corrected chi connectivity index (χ2v) is 8.39. The van der Waals surface area contributed by atoms with Crippen molar-refractivity contribution in [3.05, 3.63) is 29.3 Å². The normalized spacial score (nSPS) is 23.1. The Balaban J connectivity index is 2.11. The standard InChI is InChI=1S/C15H20ClNO3S/c1-11-6-12(2)9-17(8-11)15(18)10-21(19,20)14-5-3-4-13(16)7-14/h3-5,7,11-12H,6,8-10H2,1-2H3/t11-,12+. The molecule has 0 spiro atoms. The molecule has 0 radical (unpaired) electrons. The van der Waals surface area contributed by atoms with Crippen LogP contribution in [-0.4, -0.2) is 38.1 Å². The van der Waals surface area contributed by atoms with Gasteiger partial charge in [0.15, 0.2) is 9.84 Å². The molecule has 4 nitrogen and oxygen atoms in total. The van der Waals surface area contributed by atoms with E-state index < -0.39 is 15.6 Å². The molecule has 21 heavy (non-hydrogen) atoms. The van der Waals surface area contributed by atoms with E-state index in [1.807, 2.05) is 0 Å².